The summed E-state index contributed by atoms with van der Waals surface area (Å²) in [6, 6.07) is 6.83. The maximum Gasteiger partial charge on any atom is 0.416 e. The van der Waals surface area contributed by atoms with Crippen LogP contribution in [0.3, 0.4) is 0 Å². The van der Waals surface area contributed by atoms with E-state index >= 15 is 0 Å². The fraction of sp³-hybridized carbons (Fsp3) is 0.300. The van der Waals surface area contributed by atoms with Gasteiger partial charge in [0.15, 0.2) is 18.1 Å². The number of likely N-dealkylation sites (N-methyl/N-ethyl adjacent to an activating group) is 1. The predicted octanol–water partition coefficient (Wildman–Crippen LogP) is 3.93. The quantitative estimate of drug-likeness (QED) is 0.350. The number of alkyl halides is 3. The average molecular weight is 454 g/mol. The highest BCUT2D eigenvalue weighted by Gasteiger charge is 2.33. The molecule has 2 aromatic rings. The lowest BCUT2D eigenvalue weighted by Gasteiger charge is -2.14. The number of halogens is 3. The number of hydrogen-bond acceptors (Lipinski definition) is 7. The van der Waals surface area contributed by atoms with E-state index < -0.39 is 22.4 Å². The van der Waals surface area contributed by atoms with Gasteiger partial charge in [0.25, 0.3) is 11.6 Å². The zero-order chi connectivity index (χ0) is 23.9. The maximum atomic E-state index is 12.8. The SMILES string of the molecule is CCOc1cc(/C=N/Nc2ccc(C(F)(F)F)cc2[N+](=O)[O-])ccc1OCC(=O)N(C)C. The number of ether oxygens (including phenoxy) is 2. The fourth-order valence-corrected chi connectivity index (χ4v) is 2.39. The Morgan fingerprint density at radius 1 is 1.19 bits per heavy atom. The van der Waals surface area contributed by atoms with Crippen molar-refractivity contribution in [3.05, 3.63) is 57.6 Å². The molecule has 32 heavy (non-hydrogen) atoms. The van der Waals surface area contributed by atoms with Crippen LogP contribution in [0.25, 0.3) is 0 Å². The molecule has 172 valence electrons. The monoisotopic (exact) mass is 454 g/mol. The third kappa shape index (κ3) is 6.59. The lowest BCUT2D eigenvalue weighted by Crippen LogP contribution is -2.27. The summed E-state index contributed by atoms with van der Waals surface area (Å²) in [4.78, 5) is 23.3. The molecule has 0 aliphatic heterocycles. The molecule has 0 aliphatic carbocycles. The molecule has 0 saturated heterocycles. The van der Waals surface area contributed by atoms with Gasteiger partial charge in [-0.1, -0.05) is 0 Å². The van der Waals surface area contributed by atoms with Crippen molar-refractivity contribution in [1.29, 1.82) is 0 Å². The van der Waals surface area contributed by atoms with Gasteiger partial charge in [-0.15, -0.1) is 0 Å². The Labute approximate surface area is 181 Å². The summed E-state index contributed by atoms with van der Waals surface area (Å²) in [5.41, 5.74) is 0.793. The maximum absolute atomic E-state index is 12.8. The van der Waals surface area contributed by atoms with Gasteiger partial charge in [-0.2, -0.15) is 18.3 Å². The normalized spacial score (nSPS) is 11.3. The van der Waals surface area contributed by atoms with E-state index in [1.165, 1.54) is 11.1 Å². The number of nitrogens with zero attached hydrogens (tertiary/aromatic N) is 3. The molecule has 2 rings (SSSR count). The van der Waals surface area contributed by atoms with Gasteiger partial charge >= 0.3 is 6.18 Å². The van der Waals surface area contributed by atoms with E-state index in [0.717, 1.165) is 12.1 Å². The van der Waals surface area contributed by atoms with E-state index in [4.69, 9.17) is 9.47 Å². The molecule has 0 aromatic heterocycles. The first-order valence-corrected chi connectivity index (χ1v) is 9.27. The van der Waals surface area contributed by atoms with E-state index in [9.17, 15) is 28.1 Å². The fourth-order valence-electron chi connectivity index (χ4n) is 2.39. The molecule has 2 aromatic carbocycles. The van der Waals surface area contributed by atoms with Gasteiger partial charge < -0.3 is 14.4 Å². The van der Waals surface area contributed by atoms with E-state index in [1.54, 1.807) is 39.2 Å². The third-order valence-corrected chi connectivity index (χ3v) is 4.04. The van der Waals surface area contributed by atoms with Gasteiger partial charge in [0.1, 0.15) is 5.69 Å². The lowest BCUT2D eigenvalue weighted by molar-refractivity contribution is -0.384. The van der Waals surface area contributed by atoms with Crippen LogP contribution in [0, 0.1) is 10.1 Å². The molecular weight excluding hydrogens is 433 g/mol. The summed E-state index contributed by atoms with van der Waals surface area (Å²) in [7, 11) is 3.20. The molecule has 0 heterocycles. The highest BCUT2D eigenvalue weighted by atomic mass is 19.4. The summed E-state index contributed by atoms with van der Waals surface area (Å²) in [6.07, 6.45) is -3.40. The molecule has 0 fully saturated rings. The van der Waals surface area contributed by atoms with E-state index in [1.807, 2.05) is 0 Å². The molecule has 0 saturated carbocycles. The van der Waals surface area contributed by atoms with Crippen LogP contribution in [0.1, 0.15) is 18.1 Å². The number of hydrazone groups is 1. The van der Waals surface area contributed by atoms with Crippen LogP contribution in [0.2, 0.25) is 0 Å². The molecule has 1 amide bonds. The molecule has 0 bridgehead atoms. The molecule has 9 nitrogen and oxygen atoms in total. The summed E-state index contributed by atoms with van der Waals surface area (Å²) >= 11 is 0. The van der Waals surface area contributed by atoms with Crippen LogP contribution >= 0.6 is 0 Å². The largest absolute Gasteiger partial charge is 0.490 e. The van der Waals surface area contributed by atoms with Gasteiger partial charge in [0, 0.05) is 20.2 Å². The zero-order valence-electron chi connectivity index (χ0n) is 17.5. The minimum atomic E-state index is -4.71. The van der Waals surface area contributed by atoms with Crippen LogP contribution in [-0.4, -0.2) is 49.3 Å². The van der Waals surface area contributed by atoms with Crippen molar-refractivity contribution < 1.29 is 32.4 Å². The Bertz CT molecular complexity index is 1010. The van der Waals surface area contributed by atoms with Crippen LogP contribution < -0.4 is 14.9 Å². The third-order valence-electron chi connectivity index (χ3n) is 4.04. The highest BCUT2D eigenvalue weighted by Crippen LogP contribution is 2.35. The van der Waals surface area contributed by atoms with E-state index in [-0.39, 0.29) is 18.2 Å². The Hall–Kier alpha value is -3.83. The number of carbonyl (C=O) groups is 1. The topological polar surface area (TPSA) is 106 Å². The van der Waals surface area contributed by atoms with Crippen molar-refractivity contribution in [3.8, 4) is 11.5 Å². The second kappa shape index (κ2) is 10.5. The standard InChI is InChI=1S/C20H21F3N4O5/c1-4-31-18-9-13(5-8-17(18)32-12-19(28)26(2)3)11-24-25-15-7-6-14(20(21,22)23)10-16(15)27(29)30/h5-11,25H,4,12H2,1-3H3/b24-11+. The number of anilines is 1. The van der Waals surface area contributed by atoms with Crippen LogP contribution in [0.5, 0.6) is 11.5 Å². The highest BCUT2D eigenvalue weighted by molar-refractivity contribution is 5.82. The minimum Gasteiger partial charge on any atom is -0.490 e. The average Bonchev–Trinajstić information content (AvgIpc) is 2.72. The van der Waals surface area contributed by atoms with Gasteiger partial charge in [0.05, 0.1) is 23.3 Å². The summed E-state index contributed by atoms with van der Waals surface area (Å²) in [5, 5.41) is 15.0. The second-order valence-electron chi connectivity index (χ2n) is 6.57. The first-order valence-electron chi connectivity index (χ1n) is 9.27. The number of nitro benzene ring substituents is 1. The van der Waals surface area contributed by atoms with E-state index in [0.29, 0.717) is 29.7 Å². The van der Waals surface area contributed by atoms with Crippen LogP contribution in [-0.2, 0) is 11.0 Å². The number of hydrogen-bond donors (Lipinski definition) is 1. The van der Waals surface area contributed by atoms with Crippen molar-refractivity contribution in [2.75, 3.05) is 32.7 Å². The summed E-state index contributed by atoms with van der Waals surface area (Å²) in [5.74, 6) is 0.453. The molecule has 0 atom stereocenters. The Morgan fingerprint density at radius 2 is 1.91 bits per heavy atom. The number of amides is 1. The minimum absolute atomic E-state index is 0.181. The zero-order valence-corrected chi connectivity index (χ0v) is 17.5. The first kappa shape index (κ1) is 24.4. The number of benzene rings is 2. The van der Waals surface area contributed by atoms with Crippen molar-refractivity contribution in [3.63, 3.8) is 0 Å². The van der Waals surface area contributed by atoms with Crippen molar-refractivity contribution in [2.24, 2.45) is 5.10 Å². The van der Waals surface area contributed by atoms with Crippen LogP contribution in [0.4, 0.5) is 24.5 Å². The molecule has 0 unspecified atom stereocenters. The number of carbonyl (C=O) groups excluding carboxylic acids is 1. The molecular formula is C20H21F3N4O5. The summed E-state index contributed by atoms with van der Waals surface area (Å²) < 4.78 is 49.4. The Morgan fingerprint density at radius 3 is 2.50 bits per heavy atom. The first-order chi connectivity index (χ1) is 15.0. The van der Waals surface area contributed by atoms with Crippen molar-refractivity contribution in [1.82, 2.24) is 4.90 Å². The van der Waals surface area contributed by atoms with E-state index in [2.05, 4.69) is 10.5 Å². The Kier molecular flexibility index (Phi) is 7.99. The van der Waals surface area contributed by atoms with Crippen LogP contribution in [0.15, 0.2) is 41.5 Å². The predicted molar refractivity (Wildman–Crippen MR) is 111 cm³/mol. The van der Waals surface area contributed by atoms with Crippen molar-refractivity contribution in [2.45, 2.75) is 13.1 Å². The van der Waals surface area contributed by atoms with Crippen molar-refractivity contribution >= 4 is 23.5 Å². The smallest absolute Gasteiger partial charge is 0.416 e. The molecule has 1 N–H and O–H groups in total. The van der Waals surface area contributed by atoms with Gasteiger partial charge in [-0.3, -0.25) is 20.3 Å². The van der Waals surface area contributed by atoms with Gasteiger partial charge in [-0.05, 0) is 42.8 Å². The molecule has 0 aliphatic rings. The van der Waals surface area contributed by atoms with Gasteiger partial charge in [-0.25, -0.2) is 0 Å². The molecule has 0 spiro atoms. The Balaban J connectivity index is 2.18. The molecule has 0 radical (unpaired) electrons. The second-order valence-corrected chi connectivity index (χ2v) is 6.57. The van der Waals surface area contributed by atoms with Gasteiger partial charge in [0.2, 0.25) is 0 Å². The summed E-state index contributed by atoms with van der Waals surface area (Å²) in [6.45, 7) is 1.91. The number of nitro groups is 1. The number of rotatable bonds is 9. The molecule has 12 heteroatoms. The number of nitrogens with one attached hydrogen (secondary N) is 1. The lowest BCUT2D eigenvalue weighted by atomic mass is 10.1.